The van der Waals surface area contributed by atoms with Gasteiger partial charge in [-0.3, -0.25) is 4.79 Å². The second-order valence-electron chi connectivity index (χ2n) is 6.46. The normalized spacial score (nSPS) is 23.4. The lowest BCUT2D eigenvalue weighted by Gasteiger charge is -2.21. The molecule has 4 rings (SSSR count). The molecule has 120 valence electrons. The minimum Gasteiger partial charge on any atom is -0.361 e. The molecule has 2 aromatic rings. The van der Waals surface area contributed by atoms with Gasteiger partial charge >= 0.3 is 0 Å². The monoisotopic (exact) mass is 313 g/mol. The first-order valence-electron chi connectivity index (χ1n) is 7.87. The first-order valence-corrected chi connectivity index (χ1v) is 7.87. The number of rotatable bonds is 2. The van der Waals surface area contributed by atoms with E-state index in [1.807, 2.05) is 17.9 Å². The zero-order chi connectivity index (χ0) is 16.0. The van der Waals surface area contributed by atoms with Gasteiger partial charge in [0, 0.05) is 56.0 Å². The maximum Gasteiger partial charge on any atom is 0.276 e. The van der Waals surface area contributed by atoms with E-state index in [-0.39, 0.29) is 5.91 Å². The zero-order valence-electron chi connectivity index (χ0n) is 13.3. The van der Waals surface area contributed by atoms with Gasteiger partial charge in [0.05, 0.1) is 0 Å². The van der Waals surface area contributed by atoms with Gasteiger partial charge in [0.15, 0.2) is 5.69 Å². The molecule has 0 aromatic carbocycles. The summed E-state index contributed by atoms with van der Waals surface area (Å²) in [6.45, 7) is 7.09. The summed E-state index contributed by atoms with van der Waals surface area (Å²) >= 11 is 0. The topological polar surface area (TPSA) is 75.4 Å². The van der Waals surface area contributed by atoms with Crippen LogP contribution in [0.1, 0.15) is 21.9 Å². The number of carbonyl (C=O) groups excluding carboxylic acids is 1. The SMILES string of the molecule is Cc1ccnc(N2CC3CN(C(=O)c4cc(C)on4)CC3C2)n1. The van der Waals surface area contributed by atoms with Crippen molar-refractivity contribution < 1.29 is 9.32 Å². The van der Waals surface area contributed by atoms with Crippen LogP contribution in [0, 0.1) is 25.7 Å². The summed E-state index contributed by atoms with van der Waals surface area (Å²) in [5.74, 6) is 2.36. The Bertz CT molecular complexity index is 730. The molecular formula is C16H19N5O2. The Kier molecular flexibility index (Phi) is 3.28. The maximum absolute atomic E-state index is 12.5. The molecule has 2 unspecified atom stereocenters. The van der Waals surface area contributed by atoms with Gasteiger partial charge in [0.1, 0.15) is 5.76 Å². The van der Waals surface area contributed by atoms with Crippen molar-refractivity contribution in [3.8, 4) is 0 Å². The van der Waals surface area contributed by atoms with Crippen LogP contribution in [-0.2, 0) is 0 Å². The van der Waals surface area contributed by atoms with Crippen LogP contribution in [0.25, 0.3) is 0 Å². The van der Waals surface area contributed by atoms with Gasteiger partial charge in [0.2, 0.25) is 5.95 Å². The Balaban J connectivity index is 1.43. The smallest absolute Gasteiger partial charge is 0.276 e. The third-order valence-corrected chi connectivity index (χ3v) is 4.69. The van der Waals surface area contributed by atoms with Crippen molar-refractivity contribution in [2.75, 3.05) is 31.1 Å². The lowest BCUT2D eigenvalue weighted by Crippen LogP contribution is -2.33. The fraction of sp³-hybridized carbons (Fsp3) is 0.500. The van der Waals surface area contributed by atoms with Crippen LogP contribution in [0.2, 0.25) is 0 Å². The molecule has 0 bridgehead atoms. The number of aryl methyl sites for hydroxylation is 2. The van der Waals surface area contributed by atoms with Crippen LogP contribution in [-0.4, -0.2) is 52.1 Å². The molecule has 2 saturated heterocycles. The Morgan fingerprint density at radius 3 is 2.57 bits per heavy atom. The predicted octanol–water partition coefficient (Wildman–Crippen LogP) is 1.29. The molecule has 2 aromatic heterocycles. The molecule has 7 nitrogen and oxygen atoms in total. The van der Waals surface area contributed by atoms with E-state index in [1.54, 1.807) is 19.2 Å². The van der Waals surface area contributed by atoms with Gasteiger partial charge in [-0.15, -0.1) is 0 Å². The molecule has 23 heavy (non-hydrogen) atoms. The van der Waals surface area contributed by atoms with Crippen molar-refractivity contribution in [3.63, 3.8) is 0 Å². The predicted molar refractivity (Wildman–Crippen MR) is 83.1 cm³/mol. The minimum atomic E-state index is -0.0328. The highest BCUT2D eigenvalue weighted by Gasteiger charge is 2.42. The summed E-state index contributed by atoms with van der Waals surface area (Å²) in [6, 6.07) is 3.60. The van der Waals surface area contributed by atoms with Crippen molar-refractivity contribution in [1.82, 2.24) is 20.0 Å². The molecule has 2 aliphatic heterocycles. The molecule has 0 saturated carbocycles. The molecule has 0 aliphatic carbocycles. The summed E-state index contributed by atoms with van der Waals surface area (Å²) in [5.41, 5.74) is 1.38. The summed E-state index contributed by atoms with van der Waals surface area (Å²) in [5, 5.41) is 3.83. The zero-order valence-corrected chi connectivity index (χ0v) is 13.3. The van der Waals surface area contributed by atoms with E-state index < -0.39 is 0 Å². The van der Waals surface area contributed by atoms with Crippen LogP contribution in [0.3, 0.4) is 0 Å². The van der Waals surface area contributed by atoms with E-state index in [4.69, 9.17) is 4.52 Å². The summed E-state index contributed by atoms with van der Waals surface area (Å²) < 4.78 is 5.00. The second kappa shape index (κ2) is 5.33. The van der Waals surface area contributed by atoms with Gasteiger partial charge in [-0.1, -0.05) is 5.16 Å². The van der Waals surface area contributed by atoms with E-state index in [1.165, 1.54) is 0 Å². The molecule has 7 heteroatoms. The largest absolute Gasteiger partial charge is 0.361 e. The van der Waals surface area contributed by atoms with Crippen molar-refractivity contribution in [2.45, 2.75) is 13.8 Å². The van der Waals surface area contributed by atoms with Crippen molar-refractivity contribution >= 4 is 11.9 Å². The minimum absolute atomic E-state index is 0.0328. The molecule has 2 fully saturated rings. The lowest BCUT2D eigenvalue weighted by atomic mass is 10.0. The Morgan fingerprint density at radius 2 is 1.96 bits per heavy atom. The van der Waals surface area contributed by atoms with Crippen LogP contribution < -0.4 is 4.90 Å². The highest BCUT2D eigenvalue weighted by molar-refractivity contribution is 5.92. The highest BCUT2D eigenvalue weighted by atomic mass is 16.5. The number of aromatic nitrogens is 3. The number of nitrogens with zero attached hydrogens (tertiary/aromatic N) is 5. The van der Waals surface area contributed by atoms with Crippen molar-refractivity contribution in [2.24, 2.45) is 11.8 Å². The van der Waals surface area contributed by atoms with E-state index in [2.05, 4.69) is 20.0 Å². The molecule has 2 atom stereocenters. The first kappa shape index (κ1) is 14.2. The molecule has 0 N–H and O–H groups in total. The van der Waals surface area contributed by atoms with Gasteiger partial charge < -0.3 is 14.3 Å². The lowest BCUT2D eigenvalue weighted by molar-refractivity contribution is 0.0772. The fourth-order valence-corrected chi connectivity index (χ4v) is 3.54. The number of anilines is 1. The van der Waals surface area contributed by atoms with Crippen LogP contribution in [0.4, 0.5) is 5.95 Å². The number of carbonyl (C=O) groups is 1. The molecule has 0 spiro atoms. The molecule has 4 heterocycles. The van der Waals surface area contributed by atoms with E-state index in [0.717, 1.165) is 37.8 Å². The maximum atomic E-state index is 12.5. The highest BCUT2D eigenvalue weighted by Crippen LogP contribution is 2.33. The van der Waals surface area contributed by atoms with Gasteiger partial charge in [-0.25, -0.2) is 9.97 Å². The Labute approximate surface area is 134 Å². The average molecular weight is 313 g/mol. The average Bonchev–Trinajstić information content (AvgIpc) is 3.20. The summed E-state index contributed by atoms with van der Waals surface area (Å²) in [6.07, 6.45) is 1.80. The quantitative estimate of drug-likeness (QED) is 0.831. The molecule has 0 radical (unpaired) electrons. The van der Waals surface area contributed by atoms with Crippen LogP contribution in [0.5, 0.6) is 0 Å². The number of fused-ring (bicyclic) bond motifs is 1. The van der Waals surface area contributed by atoms with Crippen molar-refractivity contribution in [3.05, 3.63) is 35.5 Å². The van der Waals surface area contributed by atoms with Crippen LogP contribution in [0.15, 0.2) is 22.9 Å². The number of hydrogen-bond donors (Lipinski definition) is 0. The third-order valence-electron chi connectivity index (χ3n) is 4.69. The molecular weight excluding hydrogens is 294 g/mol. The Morgan fingerprint density at radius 1 is 1.22 bits per heavy atom. The standard InChI is InChI=1S/C16H19N5O2/c1-10-3-4-17-16(18-10)21-8-12-6-20(7-13(12)9-21)15(22)14-5-11(2)23-19-14/h3-5,12-13H,6-9H2,1-2H3. The molecule has 2 aliphatic rings. The number of likely N-dealkylation sites (tertiary alicyclic amines) is 1. The second-order valence-corrected chi connectivity index (χ2v) is 6.46. The summed E-state index contributed by atoms with van der Waals surface area (Å²) in [7, 11) is 0. The van der Waals surface area contributed by atoms with E-state index in [0.29, 0.717) is 23.3 Å². The molecule has 1 amide bonds. The summed E-state index contributed by atoms with van der Waals surface area (Å²) in [4.78, 5) is 25.4. The van der Waals surface area contributed by atoms with E-state index >= 15 is 0 Å². The van der Waals surface area contributed by atoms with Gasteiger partial charge in [-0.2, -0.15) is 0 Å². The fourth-order valence-electron chi connectivity index (χ4n) is 3.54. The Hall–Kier alpha value is -2.44. The number of amides is 1. The van der Waals surface area contributed by atoms with Crippen molar-refractivity contribution in [1.29, 1.82) is 0 Å². The van der Waals surface area contributed by atoms with Gasteiger partial charge in [0.25, 0.3) is 5.91 Å². The first-order chi connectivity index (χ1) is 11.1. The number of hydrogen-bond acceptors (Lipinski definition) is 6. The third kappa shape index (κ3) is 2.56. The van der Waals surface area contributed by atoms with Gasteiger partial charge in [-0.05, 0) is 19.9 Å². The van der Waals surface area contributed by atoms with Crippen LogP contribution >= 0.6 is 0 Å². The van der Waals surface area contributed by atoms with E-state index in [9.17, 15) is 4.79 Å².